The first kappa shape index (κ1) is 20.6. The molecular formula is C23H23ClN4OS. The average molecular weight is 439 g/mol. The van der Waals surface area contributed by atoms with Crippen LogP contribution in [0.2, 0.25) is 5.02 Å². The van der Waals surface area contributed by atoms with Gasteiger partial charge >= 0.3 is 0 Å². The molecule has 0 radical (unpaired) electrons. The largest absolute Gasteiger partial charge is 0.337 e. The van der Waals surface area contributed by atoms with Gasteiger partial charge in [0.15, 0.2) is 0 Å². The molecule has 1 aromatic carbocycles. The third kappa shape index (κ3) is 3.85. The third-order valence-corrected chi connectivity index (χ3v) is 6.84. The number of rotatable bonds is 5. The zero-order valence-corrected chi connectivity index (χ0v) is 19.0. The molecule has 154 valence electrons. The minimum absolute atomic E-state index is 0.0681. The summed E-state index contributed by atoms with van der Waals surface area (Å²) in [6, 6.07) is 11.6. The molecule has 4 rings (SSSR count). The second kappa shape index (κ2) is 8.20. The second-order valence-electron chi connectivity index (χ2n) is 7.38. The molecule has 0 spiro atoms. The number of hydrogen-bond donors (Lipinski definition) is 0. The highest BCUT2D eigenvalue weighted by Gasteiger charge is 2.20. The van der Waals surface area contributed by atoms with E-state index in [0.29, 0.717) is 17.1 Å². The molecular weight excluding hydrogens is 416 g/mol. The monoisotopic (exact) mass is 438 g/mol. The lowest BCUT2D eigenvalue weighted by molar-refractivity contribution is 0.0787. The quantitative estimate of drug-likeness (QED) is 0.413. The van der Waals surface area contributed by atoms with Crippen molar-refractivity contribution in [1.29, 1.82) is 0 Å². The van der Waals surface area contributed by atoms with Crippen molar-refractivity contribution in [2.24, 2.45) is 7.05 Å². The Hall–Kier alpha value is -2.70. The van der Waals surface area contributed by atoms with Gasteiger partial charge in [-0.25, -0.2) is 4.98 Å². The highest BCUT2D eigenvalue weighted by Crippen LogP contribution is 2.32. The number of thiophene rings is 1. The van der Waals surface area contributed by atoms with Crippen LogP contribution in [-0.4, -0.2) is 32.6 Å². The second-order valence-corrected chi connectivity index (χ2v) is 8.98. The van der Waals surface area contributed by atoms with Gasteiger partial charge in [0.2, 0.25) is 0 Å². The van der Waals surface area contributed by atoms with Gasteiger partial charge in [-0.3, -0.25) is 9.48 Å². The van der Waals surface area contributed by atoms with E-state index in [9.17, 15) is 4.79 Å². The Bertz CT molecular complexity index is 1240. The molecule has 0 aliphatic rings. The van der Waals surface area contributed by atoms with Gasteiger partial charge in [0, 0.05) is 47.2 Å². The van der Waals surface area contributed by atoms with Crippen molar-refractivity contribution in [1.82, 2.24) is 19.7 Å². The summed E-state index contributed by atoms with van der Waals surface area (Å²) in [5, 5.41) is 5.63. The molecule has 30 heavy (non-hydrogen) atoms. The molecule has 0 fully saturated rings. The van der Waals surface area contributed by atoms with Gasteiger partial charge in [-0.15, -0.1) is 11.3 Å². The molecule has 1 amide bonds. The SMILES string of the molecule is CCc1ccc(-c2cc(C(=O)N(C)Cc3cnn(C)c3C)c3cc(Cl)ccc3n2)s1. The van der Waals surface area contributed by atoms with Gasteiger partial charge in [0.05, 0.1) is 27.8 Å². The molecule has 0 saturated carbocycles. The topological polar surface area (TPSA) is 51.0 Å². The zero-order chi connectivity index (χ0) is 21.4. The number of pyridine rings is 1. The molecule has 0 unspecified atom stereocenters. The maximum atomic E-state index is 13.5. The van der Waals surface area contributed by atoms with Crippen LogP contribution in [0.5, 0.6) is 0 Å². The van der Waals surface area contributed by atoms with E-state index >= 15 is 0 Å². The fraction of sp³-hybridized carbons (Fsp3) is 0.261. The fourth-order valence-corrected chi connectivity index (χ4v) is 4.52. The van der Waals surface area contributed by atoms with Crippen LogP contribution in [0.3, 0.4) is 0 Å². The number of benzene rings is 1. The van der Waals surface area contributed by atoms with E-state index in [-0.39, 0.29) is 5.91 Å². The minimum Gasteiger partial charge on any atom is -0.337 e. The Morgan fingerprint density at radius 1 is 1.23 bits per heavy atom. The minimum atomic E-state index is -0.0681. The molecule has 5 nitrogen and oxygen atoms in total. The Kier molecular flexibility index (Phi) is 5.62. The summed E-state index contributed by atoms with van der Waals surface area (Å²) < 4.78 is 1.81. The molecule has 0 aliphatic carbocycles. The van der Waals surface area contributed by atoms with Crippen molar-refractivity contribution < 1.29 is 4.79 Å². The van der Waals surface area contributed by atoms with Crippen LogP contribution in [0, 0.1) is 6.92 Å². The number of halogens is 1. The molecule has 0 bridgehead atoms. The van der Waals surface area contributed by atoms with Crippen LogP contribution >= 0.6 is 22.9 Å². The van der Waals surface area contributed by atoms with Crippen LogP contribution in [0.15, 0.2) is 42.6 Å². The van der Waals surface area contributed by atoms with E-state index < -0.39 is 0 Å². The van der Waals surface area contributed by atoms with Crippen molar-refractivity contribution in [3.05, 3.63) is 69.3 Å². The summed E-state index contributed by atoms with van der Waals surface area (Å²) in [7, 11) is 3.71. The van der Waals surface area contributed by atoms with Crippen molar-refractivity contribution >= 4 is 39.7 Å². The van der Waals surface area contributed by atoms with Gasteiger partial charge in [-0.2, -0.15) is 5.10 Å². The molecule has 0 saturated heterocycles. The van der Waals surface area contributed by atoms with Crippen LogP contribution in [0.4, 0.5) is 0 Å². The van der Waals surface area contributed by atoms with E-state index in [1.165, 1.54) is 4.88 Å². The number of nitrogens with zero attached hydrogens (tertiary/aromatic N) is 4. The molecule has 0 aliphatic heterocycles. The summed E-state index contributed by atoms with van der Waals surface area (Å²) >= 11 is 7.95. The molecule has 4 aromatic rings. The molecule has 3 aromatic heterocycles. The van der Waals surface area contributed by atoms with Crippen molar-refractivity contribution in [2.75, 3.05) is 7.05 Å². The highest BCUT2D eigenvalue weighted by molar-refractivity contribution is 7.15. The average Bonchev–Trinajstić information content (AvgIpc) is 3.35. The lowest BCUT2D eigenvalue weighted by Gasteiger charge is -2.19. The summed E-state index contributed by atoms with van der Waals surface area (Å²) in [4.78, 5) is 22.3. The van der Waals surface area contributed by atoms with E-state index in [4.69, 9.17) is 16.6 Å². The van der Waals surface area contributed by atoms with Gasteiger partial charge in [-0.1, -0.05) is 18.5 Å². The van der Waals surface area contributed by atoms with E-state index in [1.807, 2.05) is 56.2 Å². The Morgan fingerprint density at radius 3 is 2.70 bits per heavy atom. The van der Waals surface area contributed by atoms with E-state index in [2.05, 4.69) is 24.2 Å². The predicted molar refractivity (Wildman–Crippen MR) is 123 cm³/mol. The first-order valence-electron chi connectivity index (χ1n) is 9.79. The number of carbonyl (C=O) groups is 1. The zero-order valence-electron chi connectivity index (χ0n) is 17.4. The molecule has 0 atom stereocenters. The van der Waals surface area contributed by atoms with Gasteiger partial charge in [-0.05, 0) is 49.7 Å². The van der Waals surface area contributed by atoms with Crippen molar-refractivity contribution in [3.63, 3.8) is 0 Å². The maximum absolute atomic E-state index is 13.5. The van der Waals surface area contributed by atoms with Crippen molar-refractivity contribution in [3.8, 4) is 10.6 Å². The summed E-state index contributed by atoms with van der Waals surface area (Å²) in [5.41, 5.74) is 4.24. The molecule has 0 N–H and O–H groups in total. The normalized spacial score (nSPS) is 11.2. The number of aryl methyl sites for hydroxylation is 2. The number of carbonyl (C=O) groups excluding carboxylic acids is 1. The fourth-order valence-electron chi connectivity index (χ4n) is 3.44. The first-order valence-corrected chi connectivity index (χ1v) is 11.0. The van der Waals surface area contributed by atoms with Crippen LogP contribution in [0.25, 0.3) is 21.5 Å². The highest BCUT2D eigenvalue weighted by atomic mass is 35.5. The van der Waals surface area contributed by atoms with Crippen LogP contribution < -0.4 is 0 Å². The third-order valence-electron chi connectivity index (χ3n) is 5.35. The van der Waals surface area contributed by atoms with Gasteiger partial charge in [0.25, 0.3) is 5.91 Å². The Morgan fingerprint density at radius 2 is 2.03 bits per heavy atom. The Balaban J connectivity index is 1.78. The van der Waals surface area contributed by atoms with E-state index in [1.54, 1.807) is 16.2 Å². The summed E-state index contributed by atoms with van der Waals surface area (Å²) in [6.45, 7) is 4.62. The van der Waals surface area contributed by atoms with Crippen LogP contribution in [-0.2, 0) is 20.0 Å². The van der Waals surface area contributed by atoms with Crippen molar-refractivity contribution in [2.45, 2.75) is 26.8 Å². The smallest absolute Gasteiger partial charge is 0.254 e. The Labute approximate surface area is 184 Å². The summed E-state index contributed by atoms with van der Waals surface area (Å²) in [6.07, 6.45) is 2.79. The number of hydrogen-bond acceptors (Lipinski definition) is 4. The first-order chi connectivity index (χ1) is 14.4. The maximum Gasteiger partial charge on any atom is 0.254 e. The predicted octanol–water partition coefficient (Wildman–Crippen LogP) is 5.49. The van der Waals surface area contributed by atoms with Crippen LogP contribution in [0.1, 0.15) is 33.4 Å². The number of fused-ring (bicyclic) bond motifs is 1. The number of amides is 1. The van der Waals surface area contributed by atoms with Gasteiger partial charge in [0.1, 0.15) is 0 Å². The number of aromatic nitrogens is 3. The lowest BCUT2D eigenvalue weighted by Crippen LogP contribution is -2.26. The lowest BCUT2D eigenvalue weighted by atomic mass is 10.1. The van der Waals surface area contributed by atoms with E-state index in [0.717, 1.165) is 39.2 Å². The van der Waals surface area contributed by atoms with Gasteiger partial charge < -0.3 is 4.90 Å². The summed E-state index contributed by atoms with van der Waals surface area (Å²) in [5.74, 6) is -0.0681. The molecule has 3 heterocycles. The standard InChI is InChI=1S/C23H23ClN4OS/c1-5-17-7-9-22(30-17)21-11-19(18-10-16(24)6-8-20(18)26-21)23(29)27(3)13-15-12-25-28(4)14(15)2/h6-12H,5,13H2,1-4H3. The molecule has 7 heteroatoms.